The minimum atomic E-state index is -0.621. The Morgan fingerprint density at radius 2 is 1.94 bits per heavy atom. The van der Waals surface area contributed by atoms with Crippen LogP contribution in [-0.2, 0) is 6.54 Å². The Bertz CT molecular complexity index is 308. The Labute approximate surface area is 102 Å². The third-order valence-corrected chi connectivity index (χ3v) is 3.32. The van der Waals surface area contributed by atoms with Gasteiger partial charge in [-0.2, -0.15) is 11.8 Å². The van der Waals surface area contributed by atoms with E-state index in [-0.39, 0.29) is 0 Å². The molecule has 1 atom stereocenters. The summed E-state index contributed by atoms with van der Waals surface area (Å²) in [6, 6.07) is 8.45. The van der Waals surface area contributed by atoms with Crippen molar-refractivity contribution in [1.29, 1.82) is 0 Å². The summed E-state index contributed by atoms with van der Waals surface area (Å²) in [7, 11) is 0. The first-order valence-corrected chi connectivity index (χ1v) is 6.90. The normalized spacial score (nSPS) is 14.8. The molecule has 0 aliphatic carbocycles. The monoisotopic (exact) mass is 239 g/mol. The highest BCUT2D eigenvalue weighted by Crippen LogP contribution is 2.09. The Morgan fingerprint density at radius 1 is 1.31 bits per heavy atom. The predicted octanol–water partition coefficient (Wildman–Crippen LogP) is 2.20. The van der Waals surface area contributed by atoms with Crippen LogP contribution in [0.1, 0.15) is 18.1 Å². The van der Waals surface area contributed by atoms with Gasteiger partial charge in [0.05, 0.1) is 5.60 Å². The number of thioether (sulfide) groups is 1. The fourth-order valence-corrected chi connectivity index (χ4v) is 2.27. The second-order valence-corrected chi connectivity index (χ2v) is 5.39. The molecule has 3 heteroatoms. The molecular formula is C13H21NOS. The maximum absolute atomic E-state index is 9.95. The minimum absolute atomic E-state index is 0.621. The highest BCUT2D eigenvalue weighted by molar-refractivity contribution is 7.98. The summed E-state index contributed by atoms with van der Waals surface area (Å²) in [4.78, 5) is 0. The molecule has 1 aromatic carbocycles. The van der Waals surface area contributed by atoms with Crippen molar-refractivity contribution in [2.24, 2.45) is 0 Å². The molecule has 90 valence electrons. The number of rotatable bonds is 6. The summed E-state index contributed by atoms with van der Waals surface area (Å²) in [5.41, 5.74) is 1.91. The average Bonchev–Trinajstić information content (AvgIpc) is 2.20. The summed E-state index contributed by atoms with van der Waals surface area (Å²) >= 11 is 1.67. The molecule has 16 heavy (non-hydrogen) atoms. The molecule has 2 N–H and O–H groups in total. The van der Waals surface area contributed by atoms with Gasteiger partial charge in [-0.05, 0) is 25.7 Å². The third-order valence-electron chi connectivity index (χ3n) is 2.41. The number of nitrogens with one attached hydrogen (secondary N) is 1. The molecule has 0 heterocycles. The van der Waals surface area contributed by atoms with E-state index in [1.807, 2.05) is 13.2 Å². The van der Waals surface area contributed by atoms with Crippen molar-refractivity contribution in [2.45, 2.75) is 26.0 Å². The molecular weight excluding hydrogens is 218 g/mol. The summed E-state index contributed by atoms with van der Waals surface area (Å²) in [5.74, 6) is 0.758. The van der Waals surface area contributed by atoms with Gasteiger partial charge in [0.15, 0.2) is 0 Å². The molecule has 1 unspecified atom stereocenters. The molecule has 0 saturated heterocycles. The highest BCUT2D eigenvalue weighted by atomic mass is 32.2. The van der Waals surface area contributed by atoms with E-state index in [4.69, 9.17) is 0 Å². The zero-order chi connectivity index (χ0) is 12.0. The largest absolute Gasteiger partial charge is 0.388 e. The molecule has 0 aromatic heterocycles. The van der Waals surface area contributed by atoms with Crippen molar-refractivity contribution >= 4 is 11.8 Å². The summed E-state index contributed by atoms with van der Waals surface area (Å²) in [6.07, 6.45) is 2.01. The summed E-state index contributed by atoms with van der Waals surface area (Å²) in [5, 5.41) is 13.2. The molecule has 1 aromatic rings. The predicted molar refractivity (Wildman–Crippen MR) is 71.9 cm³/mol. The van der Waals surface area contributed by atoms with Crippen LogP contribution in [0.25, 0.3) is 0 Å². The van der Waals surface area contributed by atoms with Gasteiger partial charge in [0.1, 0.15) is 0 Å². The third kappa shape index (κ3) is 5.01. The van der Waals surface area contributed by atoms with Crippen LogP contribution in [0, 0.1) is 6.92 Å². The lowest BCUT2D eigenvalue weighted by molar-refractivity contribution is 0.0846. The summed E-state index contributed by atoms with van der Waals surface area (Å²) < 4.78 is 0. The Kier molecular flexibility index (Phi) is 5.32. The van der Waals surface area contributed by atoms with Gasteiger partial charge in [-0.1, -0.05) is 29.8 Å². The van der Waals surface area contributed by atoms with Gasteiger partial charge in [-0.15, -0.1) is 0 Å². The molecule has 2 nitrogen and oxygen atoms in total. The van der Waals surface area contributed by atoms with Crippen molar-refractivity contribution in [1.82, 2.24) is 5.32 Å². The van der Waals surface area contributed by atoms with Gasteiger partial charge in [0.25, 0.3) is 0 Å². The van der Waals surface area contributed by atoms with E-state index < -0.39 is 5.60 Å². The smallest absolute Gasteiger partial charge is 0.0833 e. The topological polar surface area (TPSA) is 32.3 Å². The van der Waals surface area contributed by atoms with Gasteiger partial charge in [-0.3, -0.25) is 0 Å². The molecule has 0 spiro atoms. The Balaban J connectivity index is 2.32. The Hall–Kier alpha value is -0.510. The van der Waals surface area contributed by atoms with Crippen LogP contribution in [-0.4, -0.2) is 29.3 Å². The van der Waals surface area contributed by atoms with E-state index in [2.05, 4.69) is 36.5 Å². The van der Waals surface area contributed by atoms with E-state index in [0.29, 0.717) is 6.54 Å². The average molecular weight is 239 g/mol. The lowest BCUT2D eigenvalue weighted by atomic mass is 10.1. The first-order chi connectivity index (χ1) is 7.53. The van der Waals surface area contributed by atoms with Gasteiger partial charge < -0.3 is 10.4 Å². The van der Waals surface area contributed by atoms with Gasteiger partial charge in [-0.25, -0.2) is 0 Å². The van der Waals surface area contributed by atoms with Crippen molar-refractivity contribution in [3.05, 3.63) is 35.4 Å². The molecule has 0 fully saturated rings. The fourth-order valence-electron chi connectivity index (χ4n) is 1.54. The maximum atomic E-state index is 9.95. The fraction of sp³-hybridized carbons (Fsp3) is 0.538. The van der Waals surface area contributed by atoms with Crippen molar-refractivity contribution < 1.29 is 5.11 Å². The zero-order valence-corrected chi connectivity index (χ0v) is 11.1. The number of hydrogen-bond acceptors (Lipinski definition) is 3. The second kappa shape index (κ2) is 6.28. The zero-order valence-electron chi connectivity index (χ0n) is 10.3. The SMILES string of the molecule is CSCC(C)(O)CNCc1ccc(C)cc1. The molecule has 0 amide bonds. The molecule has 0 bridgehead atoms. The Morgan fingerprint density at radius 3 is 2.50 bits per heavy atom. The highest BCUT2D eigenvalue weighted by Gasteiger charge is 2.18. The lowest BCUT2D eigenvalue weighted by Crippen LogP contribution is -2.39. The molecule has 0 radical (unpaired) electrons. The number of aliphatic hydroxyl groups is 1. The standard InChI is InChI=1S/C13H21NOS/c1-11-4-6-12(7-5-11)8-14-9-13(2,15)10-16-3/h4-7,14-15H,8-10H2,1-3H3. The van der Waals surface area contributed by atoms with E-state index >= 15 is 0 Å². The van der Waals surface area contributed by atoms with Crippen molar-refractivity contribution in [3.63, 3.8) is 0 Å². The van der Waals surface area contributed by atoms with Crippen LogP contribution >= 0.6 is 11.8 Å². The number of aryl methyl sites for hydroxylation is 1. The second-order valence-electron chi connectivity index (χ2n) is 4.52. The van der Waals surface area contributed by atoms with E-state index in [0.717, 1.165) is 12.3 Å². The molecule has 1 rings (SSSR count). The minimum Gasteiger partial charge on any atom is -0.388 e. The van der Waals surface area contributed by atoms with Gasteiger partial charge >= 0.3 is 0 Å². The first-order valence-electron chi connectivity index (χ1n) is 5.51. The van der Waals surface area contributed by atoms with E-state index in [1.165, 1.54) is 11.1 Å². The van der Waals surface area contributed by atoms with E-state index in [1.54, 1.807) is 11.8 Å². The van der Waals surface area contributed by atoms with Crippen molar-refractivity contribution in [3.8, 4) is 0 Å². The van der Waals surface area contributed by atoms with Crippen molar-refractivity contribution in [2.75, 3.05) is 18.6 Å². The van der Waals surface area contributed by atoms with Gasteiger partial charge in [0, 0.05) is 18.8 Å². The number of hydrogen-bond donors (Lipinski definition) is 2. The quantitative estimate of drug-likeness (QED) is 0.798. The van der Waals surface area contributed by atoms with Gasteiger partial charge in [0.2, 0.25) is 0 Å². The lowest BCUT2D eigenvalue weighted by Gasteiger charge is -2.22. The molecule has 0 aliphatic heterocycles. The first kappa shape index (κ1) is 13.6. The molecule has 0 saturated carbocycles. The summed E-state index contributed by atoms with van der Waals surface area (Å²) in [6.45, 7) is 5.39. The van der Waals surface area contributed by atoms with Crippen LogP contribution in [0.5, 0.6) is 0 Å². The van der Waals surface area contributed by atoms with Crippen LogP contribution in [0.3, 0.4) is 0 Å². The van der Waals surface area contributed by atoms with Crippen LogP contribution in [0.15, 0.2) is 24.3 Å². The number of benzene rings is 1. The molecule has 0 aliphatic rings. The van der Waals surface area contributed by atoms with Crippen LogP contribution in [0.2, 0.25) is 0 Å². The van der Waals surface area contributed by atoms with Crippen LogP contribution in [0.4, 0.5) is 0 Å². The van der Waals surface area contributed by atoms with E-state index in [9.17, 15) is 5.11 Å². The maximum Gasteiger partial charge on any atom is 0.0833 e. The van der Waals surface area contributed by atoms with Crippen LogP contribution < -0.4 is 5.32 Å².